The Morgan fingerprint density at radius 2 is 2.06 bits per heavy atom. The van der Waals surface area contributed by atoms with Crippen molar-refractivity contribution in [1.29, 1.82) is 0 Å². The summed E-state index contributed by atoms with van der Waals surface area (Å²) in [6, 6.07) is 5.71. The predicted molar refractivity (Wildman–Crippen MR) is 65.5 cm³/mol. The minimum Gasteiger partial charge on any atom is -0.491 e. The lowest BCUT2D eigenvalue weighted by Crippen LogP contribution is -2.19. The number of carboxylic acid groups (broad SMARTS) is 1. The van der Waals surface area contributed by atoms with Gasteiger partial charge in [-0.1, -0.05) is 12.1 Å². The second-order valence-corrected chi connectivity index (χ2v) is 5.03. The molecule has 0 heterocycles. The predicted octanol–water partition coefficient (Wildman–Crippen LogP) is 2.90. The lowest BCUT2D eigenvalue weighted by Gasteiger charge is -2.16. The first-order chi connectivity index (χ1) is 7.95. The molecule has 17 heavy (non-hydrogen) atoms. The third kappa shape index (κ3) is 2.14. The van der Waals surface area contributed by atoms with Crippen LogP contribution in [-0.4, -0.2) is 17.2 Å². The molecule has 3 heteroatoms. The maximum absolute atomic E-state index is 11.2. The highest BCUT2D eigenvalue weighted by atomic mass is 16.5. The maximum Gasteiger partial charge on any atom is 0.314 e. The summed E-state index contributed by atoms with van der Waals surface area (Å²) in [4.78, 5) is 11.2. The molecule has 1 fully saturated rings. The van der Waals surface area contributed by atoms with E-state index in [9.17, 15) is 9.90 Å². The standard InChI is InChI=1S/C14H18O3/c1-9(2)17-12-5-4-11(8-10(12)3)14(6-7-14)13(15)16/h4-5,8-9H,6-7H2,1-3H3,(H,15,16). The van der Waals surface area contributed by atoms with Crippen LogP contribution in [0.2, 0.25) is 0 Å². The molecular formula is C14H18O3. The number of hydrogen-bond acceptors (Lipinski definition) is 2. The molecule has 0 unspecified atom stereocenters. The summed E-state index contributed by atoms with van der Waals surface area (Å²) < 4.78 is 5.65. The molecule has 1 N–H and O–H groups in total. The SMILES string of the molecule is Cc1cc(C2(C(=O)O)CC2)ccc1OC(C)C. The van der Waals surface area contributed by atoms with Gasteiger partial charge in [-0.15, -0.1) is 0 Å². The quantitative estimate of drug-likeness (QED) is 0.871. The van der Waals surface area contributed by atoms with Crippen molar-refractivity contribution in [2.45, 2.75) is 45.1 Å². The fraction of sp³-hybridized carbons (Fsp3) is 0.500. The molecule has 0 aromatic heterocycles. The van der Waals surface area contributed by atoms with Gasteiger partial charge in [0.15, 0.2) is 0 Å². The number of ether oxygens (including phenoxy) is 1. The van der Waals surface area contributed by atoms with Crippen molar-refractivity contribution in [1.82, 2.24) is 0 Å². The van der Waals surface area contributed by atoms with Crippen LogP contribution in [0.15, 0.2) is 18.2 Å². The first kappa shape index (κ1) is 12.0. The Balaban J connectivity index is 2.28. The molecule has 0 saturated heterocycles. The van der Waals surface area contributed by atoms with E-state index in [0.717, 1.165) is 29.7 Å². The van der Waals surface area contributed by atoms with Gasteiger partial charge in [0.25, 0.3) is 0 Å². The van der Waals surface area contributed by atoms with Crippen LogP contribution >= 0.6 is 0 Å². The second-order valence-electron chi connectivity index (χ2n) is 5.03. The van der Waals surface area contributed by atoms with Crippen molar-refractivity contribution in [2.24, 2.45) is 0 Å². The molecule has 1 saturated carbocycles. The summed E-state index contributed by atoms with van der Waals surface area (Å²) in [6.45, 7) is 5.92. The smallest absolute Gasteiger partial charge is 0.314 e. The van der Waals surface area contributed by atoms with Gasteiger partial charge in [0.1, 0.15) is 5.75 Å². The average Bonchev–Trinajstić information content (AvgIpc) is 3.01. The Labute approximate surface area is 101 Å². The minimum absolute atomic E-state index is 0.133. The van der Waals surface area contributed by atoms with E-state index in [4.69, 9.17) is 4.74 Å². The Morgan fingerprint density at radius 3 is 2.47 bits per heavy atom. The number of hydrogen-bond donors (Lipinski definition) is 1. The fourth-order valence-corrected chi connectivity index (χ4v) is 2.08. The zero-order valence-electron chi connectivity index (χ0n) is 10.5. The Hall–Kier alpha value is -1.51. The van der Waals surface area contributed by atoms with E-state index in [-0.39, 0.29) is 6.10 Å². The van der Waals surface area contributed by atoms with Gasteiger partial charge in [-0.3, -0.25) is 4.79 Å². The lowest BCUT2D eigenvalue weighted by molar-refractivity contribution is -0.140. The molecule has 2 rings (SSSR count). The van der Waals surface area contributed by atoms with Crippen LogP contribution in [0.25, 0.3) is 0 Å². The van der Waals surface area contributed by atoms with Crippen molar-refractivity contribution in [3.8, 4) is 5.75 Å². The van der Waals surface area contributed by atoms with E-state index in [1.165, 1.54) is 0 Å². The molecule has 0 amide bonds. The van der Waals surface area contributed by atoms with Crippen molar-refractivity contribution in [3.63, 3.8) is 0 Å². The second kappa shape index (κ2) is 4.06. The highest BCUT2D eigenvalue weighted by Crippen LogP contribution is 2.49. The van der Waals surface area contributed by atoms with E-state index in [0.29, 0.717) is 0 Å². The highest BCUT2D eigenvalue weighted by molar-refractivity contribution is 5.85. The number of rotatable bonds is 4. The number of carbonyl (C=O) groups is 1. The third-order valence-electron chi connectivity index (χ3n) is 3.25. The van der Waals surface area contributed by atoms with E-state index in [2.05, 4.69) is 0 Å². The largest absolute Gasteiger partial charge is 0.491 e. The maximum atomic E-state index is 11.2. The van der Waals surface area contributed by atoms with E-state index in [1.54, 1.807) is 0 Å². The first-order valence-electron chi connectivity index (χ1n) is 5.97. The molecule has 1 aliphatic carbocycles. The van der Waals surface area contributed by atoms with Gasteiger partial charge in [0.2, 0.25) is 0 Å². The number of carboxylic acids is 1. The van der Waals surface area contributed by atoms with E-state index < -0.39 is 11.4 Å². The van der Waals surface area contributed by atoms with E-state index in [1.807, 2.05) is 39.0 Å². The van der Waals surface area contributed by atoms with Crippen molar-refractivity contribution >= 4 is 5.97 Å². The number of benzene rings is 1. The highest BCUT2D eigenvalue weighted by Gasteiger charge is 2.51. The number of aryl methyl sites for hydroxylation is 1. The molecule has 3 nitrogen and oxygen atoms in total. The van der Waals surface area contributed by atoms with Gasteiger partial charge in [-0.25, -0.2) is 0 Å². The van der Waals surface area contributed by atoms with Crippen LogP contribution < -0.4 is 4.74 Å². The summed E-state index contributed by atoms with van der Waals surface area (Å²) in [6.07, 6.45) is 1.62. The summed E-state index contributed by atoms with van der Waals surface area (Å²) >= 11 is 0. The Morgan fingerprint density at radius 1 is 1.41 bits per heavy atom. The summed E-state index contributed by atoms with van der Waals surface area (Å²) in [7, 11) is 0. The van der Waals surface area contributed by atoms with Gasteiger partial charge >= 0.3 is 5.97 Å². The minimum atomic E-state index is -0.713. The third-order valence-corrected chi connectivity index (χ3v) is 3.25. The van der Waals surface area contributed by atoms with Gasteiger partial charge in [0, 0.05) is 0 Å². The lowest BCUT2D eigenvalue weighted by atomic mass is 9.94. The van der Waals surface area contributed by atoms with Crippen molar-refractivity contribution < 1.29 is 14.6 Å². The molecule has 0 radical (unpaired) electrons. The first-order valence-corrected chi connectivity index (χ1v) is 5.97. The molecule has 1 aliphatic rings. The molecule has 92 valence electrons. The van der Waals surface area contributed by atoms with Crippen molar-refractivity contribution in [3.05, 3.63) is 29.3 Å². The zero-order valence-corrected chi connectivity index (χ0v) is 10.5. The summed E-state index contributed by atoms with van der Waals surface area (Å²) in [5.41, 5.74) is 1.28. The summed E-state index contributed by atoms with van der Waals surface area (Å²) in [5.74, 6) is 0.124. The van der Waals surface area contributed by atoms with E-state index >= 15 is 0 Å². The number of aliphatic carboxylic acids is 1. The molecule has 1 aromatic rings. The monoisotopic (exact) mass is 234 g/mol. The molecular weight excluding hydrogens is 216 g/mol. The van der Waals surface area contributed by atoms with Crippen LogP contribution in [0.5, 0.6) is 5.75 Å². The van der Waals surface area contributed by atoms with Crippen LogP contribution in [0.1, 0.15) is 37.8 Å². The van der Waals surface area contributed by atoms with Crippen LogP contribution in [0, 0.1) is 6.92 Å². The normalized spacial score (nSPS) is 16.9. The van der Waals surface area contributed by atoms with Crippen LogP contribution in [0.4, 0.5) is 0 Å². The molecule has 1 aromatic carbocycles. The molecule has 0 bridgehead atoms. The van der Waals surface area contributed by atoms with Gasteiger partial charge in [-0.2, -0.15) is 0 Å². The van der Waals surface area contributed by atoms with Crippen LogP contribution in [0.3, 0.4) is 0 Å². The Bertz CT molecular complexity index is 445. The molecule has 0 atom stereocenters. The van der Waals surface area contributed by atoms with Crippen molar-refractivity contribution in [2.75, 3.05) is 0 Å². The Kier molecular flexibility index (Phi) is 2.86. The van der Waals surface area contributed by atoms with Gasteiger partial charge < -0.3 is 9.84 Å². The average molecular weight is 234 g/mol. The fourth-order valence-electron chi connectivity index (χ4n) is 2.08. The van der Waals surface area contributed by atoms with Gasteiger partial charge in [-0.05, 0) is 50.8 Å². The topological polar surface area (TPSA) is 46.5 Å². The van der Waals surface area contributed by atoms with Crippen LogP contribution in [-0.2, 0) is 10.2 Å². The summed E-state index contributed by atoms with van der Waals surface area (Å²) in [5, 5.41) is 9.23. The zero-order chi connectivity index (χ0) is 12.6. The molecule has 0 aliphatic heterocycles. The molecule has 0 spiro atoms. The van der Waals surface area contributed by atoms with Gasteiger partial charge in [0.05, 0.1) is 11.5 Å².